The van der Waals surface area contributed by atoms with Gasteiger partial charge in [-0.1, -0.05) is 0 Å². The van der Waals surface area contributed by atoms with Gasteiger partial charge in [-0.05, 0) is 44.1 Å². The Bertz CT molecular complexity index is 836. The third-order valence-corrected chi connectivity index (χ3v) is 6.83. The summed E-state index contributed by atoms with van der Waals surface area (Å²) < 4.78 is 7.63. The topological polar surface area (TPSA) is 59.3 Å². The van der Waals surface area contributed by atoms with Crippen LogP contribution in [0.4, 0.5) is 5.82 Å². The molecule has 4 heterocycles. The molecule has 0 amide bonds. The Labute approximate surface area is 173 Å². The SMILES string of the molecule is Cn1nc2c(c1CN1CCN(c3cc(C4CCOCC4)ncn3)CC1)CCCC2. The van der Waals surface area contributed by atoms with Crippen LogP contribution in [0, 0.1) is 0 Å². The molecule has 2 aliphatic heterocycles. The van der Waals surface area contributed by atoms with Crippen LogP contribution in [-0.2, 0) is 31.2 Å². The maximum atomic E-state index is 5.50. The van der Waals surface area contributed by atoms with E-state index >= 15 is 0 Å². The Morgan fingerprint density at radius 2 is 1.83 bits per heavy atom. The maximum absolute atomic E-state index is 5.50. The summed E-state index contributed by atoms with van der Waals surface area (Å²) in [5.41, 5.74) is 5.48. The number of piperazine rings is 1. The lowest BCUT2D eigenvalue weighted by Gasteiger charge is -2.35. The lowest BCUT2D eigenvalue weighted by atomic mass is 9.95. The van der Waals surface area contributed by atoms with E-state index in [2.05, 4.69) is 37.6 Å². The van der Waals surface area contributed by atoms with Gasteiger partial charge in [0.15, 0.2) is 0 Å². The van der Waals surface area contributed by atoms with Gasteiger partial charge in [0, 0.05) is 70.7 Å². The minimum Gasteiger partial charge on any atom is -0.381 e. The highest BCUT2D eigenvalue weighted by atomic mass is 16.5. The number of anilines is 1. The molecule has 2 fully saturated rings. The van der Waals surface area contributed by atoms with Crippen molar-refractivity contribution >= 4 is 5.82 Å². The standard InChI is InChI=1S/C22H32N6O/c1-26-21(18-4-2-3-5-19(18)25-26)15-27-8-10-28(11-9-27)22-14-20(23-16-24-22)17-6-12-29-13-7-17/h14,16-17H,2-13,15H2,1H3. The van der Waals surface area contributed by atoms with Crippen molar-refractivity contribution in [3.05, 3.63) is 35.0 Å². The molecule has 7 nitrogen and oxygen atoms in total. The molecule has 0 N–H and O–H groups in total. The molecule has 0 aromatic carbocycles. The zero-order chi connectivity index (χ0) is 19.6. The fraction of sp³-hybridized carbons (Fsp3) is 0.682. The molecule has 0 spiro atoms. The number of fused-ring (bicyclic) bond motifs is 1. The van der Waals surface area contributed by atoms with Gasteiger partial charge in [-0.25, -0.2) is 9.97 Å². The second kappa shape index (κ2) is 8.40. The average molecular weight is 397 g/mol. The zero-order valence-corrected chi connectivity index (χ0v) is 17.5. The molecule has 29 heavy (non-hydrogen) atoms. The first-order valence-electron chi connectivity index (χ1n) is 11.2. The van der Waals surface area contributed by atoms with Crippen LogP contribution >= 0.6 is 0 Å². The van der Waals surface area contributed by atoms with Gasteiger partial charge in [0.1, 0.15) is 12.1 Å². The van der Waals surface area contributed by atoms with Gasteiger partial charge >= 0.3 is 0 Å². The van der Waals surface area contributed by atoms with Crippen LogP contribution in [0.25, 0.3) is 0 Å². The van der Waals surface area contributed by atoms with Gasteiger partial charge in [0.2, 0.25) is 0 Å². The van der Waals surface area contributed by atoms with E-state index in [1.165, 1.54) is 41.9 Å². The molecule has 0 unspecified atom stereocenters. The molecule has 0 atom stereocenters. The number of aromatic nitrogens is 4. The minimum atomic E-state index is 0.516. The monoisotopic (exact) mass is 396 g/mol. The van der Waals surface area contributed by atoms with Gasteiger partial charge in [-0.3, -0.25) is 9.58 Å². The second-order valence-electron chi connectivity index (χ2n) is 8.65. The van der Waals surface area contributed by atoms with E-state index in [-0.39, 0.29) is 0 Å². The molecule has 2 saturated heterocycles. The molecule has 0 radical (unpaired) electrons. The Morgan fingerprint density at radius 3 is 2.66 bits per heavy atom. The van der Waals surface area contributed by atoms with E-state index in [0.29, 0.717) is 5.92 Å². The summed E-state index contributed by atoms with van der Waals surface area (Å²) in [4.78, 5) is 14.1. The van der Waals surface area contributed by atoms with Crippen molar-refractivity contribution in [1.82, 2.24) is 24.6 Å². The molecular weight excluding hydrogens is 364 g/mol. The predicted octanol–water partition coefficient (Wildman–Crippen LogP) is 2.31. The van der Waals surface area contributed by atoms with Crippen LogP contribution in [0.1, 0.15) is 54.2 Å². The van der Waals surface area contributed by atoms with E-state index in [9.17, 15) is 0 Å². The number of hydrogen-bond acceptors (Lipinski definition) is 6. The molecule has 5 rings (SSSR count). The molecule has 2 aromatic heterocycles. The van der Waals surface area contributed by atoms with Crippen LogP contribution in [0.3, 0.4) is 0 Å². The molecule has 156 valence electrons. The van der Waals surface area contributed by atoms with E-state index in [0.717, 1.165) is 71.0 Å². The number of aryl methyl sites for hydroxylation is 2. The van der Waals surface area contributed by atoms with Crippen LogP contribution < -0.4 is 4.90 Å². The van der Waals surface area contributed by atoms with Crippen LogP contribution in [0.2, 0.25) is 0 Å². The largest absolute Gasteiger partial charge is 0.381 e. The normalized spacial score (nSPS) is 21.3. The summed E-state index contributed by atoms with van der Waals surface area (Å²) in [7, 11) is 2.11. The summed E-state index contributed by atoms with van der Waals surface area (Å²) >= 11 is 0. The summed E-state index contributed by atoms with van der Waals surface area (Å²) in [5.74, 6) is 1.60. The molecule has 0 saturated carbocycles. The smallest absolute Gasteiger partial charge is 0.132 e. The molecule has 2 aromatic rings. The summed E-state index contributed by atoms with van der Waals surface area (Å²) in [5, 5.41) is 4.79. The van der Waals surface area contributed by atoms with Crippen molar-refractivity contribution < 1.29 is 4.74 Å². The van der Waals surface area contributed by atoms with Crippen molar-refractivity contribution in [1.29, 1.82) is 0 Å². The van der Waals surface area contributed by atoms with Gasteiger partial charge in [-0.2, -0.15) is 5.10 Å². The van der Waals surface area contributed by atoms with Crippen LogP contribution in [-0.4, -0.2) is 64.0 Å². The van der Waals surface area contributed by atoms with Crippen LogP contribution in [0.15, 0.2) is 12.4 Å². The van der Waals surface area contributed by atoms with Crippen molar-refractivity contribution in [2.45, 2.75) is 51.0 Å². The lowest BCUT2D eigenvalue weighted by molar-refractivity contribution is 0.0845. The minimum absolute atomic E-state index is 0.516. The first-order valence-corrected chi connectivity index (χ1v) is 11.2. The van der Waals surface area contributed by atoms with Crippen molar-refractivity contribution in [2.24, 2.45) is 7.05 Å². The van der Waals surface area contributed by atoms with Crippen molar-refractivity contribution in [3.63, 3.8) is 0 Å². The number of hydrogen-bond donors (Lipinski definition) is 0. The first-order chi connectivity index (χ1) is 14.3. The second-order valence-corrected chi connectivity index (χ2v) is 8.65. The van der Waals surface area contributed by atoms with E-state index in [1.54, 1.807) is 6.33 Å². The predicted molar refractivity (Wildman–Crippen MR) is 112 cm³/mol. The average Bonchev–Trinajstić information content (AvgIpc) is 3.10. The maximum Gasteiger partial charge on any atom is 0.132 e. The Kier molecular flexibility index (Phi) is 5.50. The zero-order valence-electron chi connectivity index (χ0n) is 17.5. The molecular formula is C22H32N6O. The third-order valence-electron chi connectivity index (χ3n) is 6.83. The molecule has 3 aliphatic rings. The molecule has 0 bridgehead atoms. The van der Waals surface area contributed by atoms with Gasteiger partial charge < -0.3 is 9.64 Å². The number of rotatable bonds is 4. The first kappa shape index (κ1) is 19.0. The molecule has 7 heteroatoms. The number of nitrogens with zero attached hydrogens (tertiary/aromatic N) is 6. The Hall–Kier alpha value is -1.99. The van der Waals surface area contributed by atoms with E-state index in [1.807, 2.05) is 0 Å². The highest BCUT2D eigenvalue weighted by Gasteiger charge is 2.24. The summed E-state index contributed by atoms with van der Waals surface area (Å²) in [6.45, 7) is 6.88. The van der Waals surface area contributed by atoms with Crippen molar-refractivity contribution in [2.75, 3.05) is 44.3 Å². The third kappa shape index (κ3) is 4.03. The van der Waals surface area contributed by atoms with Gasteiger partial charge in [-0.15, -0.1) is 0 Å². The number of ether oxygens (including phenoxy) is 1. The molecule has 1 aliphatic carbocycles. The Balaban J connectivity index is 1.22. The quantitative estimate of drug-likeness (QED) is 0.790. The van der Waals surface area contributed by atoms with Gasteiger partial charge in [0.05, 0.1) is 11.4 Å². The fourth-order valence-electron chi connectivity index (χ4n) is 5.04. The van der Waals surface area contributed by atoms with Crippen molar-refractivity contribution in [3.8, 4) is 0 Å². The highest BCUT2D eigenvalue weighted by Crippen LogP contribution is 2.28. The fourth-order valence-corrected chi connectivity index (χ4v) is 5.04. The summed E-state index contributed by atoms with van der Waals surface area (Å²) in [6, 6.07) is 2.21. The summed E-state index contributed by atoms with van der Waals surface area (Å²) in [6.07, 6.45) is 8.83. The van der Waals surface area contributed by atoms with E-state index < -0.39 is 0 Å². The van der Waals surface area contributed by atoms with Gasteiger partial charge in [0.25, 0.3) is 0 Å². The van der Waals surface area contributed by atoms with E-state index in [4.69, 9.17) is 9.84 Å². The lowest BCUT2D eigenvalue weighted by Crippen LogP contribution is -2.46. The van der Waals surface area contributed by atoms with Crippen LogP contribution in [0.5, 0.6) is 0 Å². The highest BCUT2D eigenvalue weighted by molar-refractivity contribution is 5.40. The Morgan fingerprint density at radius 1 is 1.03 bits per heavy atom.